The van der Waals surface area contributed by atoms with Gasteiger partial charge in [-0.15, -0.1) is 0 Å². The first kappa shape index (κ1) is 19.3. The van der Waals surface area contributed by atoms with Gasteiger partial charge in [0, 0.05) is 42.2 Å². The van der Waals surface area contributed by atoms with Gasteiger partial charge >= 0.3 is 0 Å². The fraction of sp³-hybridized carbons (Fsp3) is 0.368. The van der Waals surface area contributed by atoms with E-state index in [4.69, 9.17) is 17.3 Å². The molecule has 2 aromatic rings. The predicted octanol–water partition coefficient (Wildman–Crippen LogP) is 2.58. The molecule has 27 heavy (non-hydrogen) atoms. The number of nitrogens with two attached hydrogens (primary N) is 1. The zero-order chi connectivity index (χ0) is 19.6. The molecule has 0 bridgehead atoms. The van der Waals surface area contributed by atoms with Crippen molar-refractivity contribution in [1.29, 1.82) is 0 Å². The molecule has 0 saturated carbocycles. The maximum Gasteiger partial charge on any atom is 0.276 e. The summed E-state index contributed by atoms with van der Waals surface area (Å²) in [5.74, 6) is -0.814. The zero-order valence-electron chi connectivity index (χ0n) is 15.3. The number of nitrogens with zero attached hydrogens (tertiary/aromatic N) is 3. The van der Waals surface area contributed by atoms with Gasteiger partial charge in [0.2, 0.25) is 0 Å². The maximum absolute atomic E-state index is 13.0. The average Bonchev–Trinajstić information content (AvgIpc) is 2.65. The Kier molecular flexibility index (Phi) is 5.43. The van der Waals surface area contributed by atoms with Gasteiger partial charge in [-0.3, -0.25) is 9.59 Å². The van der Waals surface area contributed by atoms with Gasteiger partial charge < -0.3 is 16.0 Å². The van der Waals surface area contributed by atoms with Crippen LogP contribution in [-0.2, 0) is 0 Å². The standard InChI is InChI=1S/C19H22ClN5O2/c1-19(2)11-25(10-7-14(19)21)18(27)16-15(22-8-9-23-16)17(26)24-13-5-3-12(20)4-6-13/h3-6,8-9,14H,7,10-11,21H2,1-2H3,(H,24,26). The largest absolute Gasteiger partial charge is 0.337 e. The van der Waals surface area contributed by atoms with Crippen LogP contribution in [0.25, 0.3) is 0 Å². The molecule has 1 aliphatic heterocycles. The predicted molar refractivity (Wildman–Crippen MR) is 104 cm³/mol. The van der Waals surface area contributed by atoms with E-state index in [1.807, 2.05) is 13.8 Å². The number of aromatic nitrogens is 2. The molecule has 1 atom stereocenters. The van der Waals surface area contributed by atoms with Crippen LogP contribution in [0.5, 0.6) is 0 Å². The first-order chi connectivity index (χ1) is 12.8. The van der Waals surface area contributed by atoms with E-state index in [0.717, 1.165) is 0 Å². The Morgan fingerprint density at radius 1 is 1.19 bits per heavy atom. The molecule has 0 spiro atoms. The summed E-state index contributed by atoms with van der Waals surface area (Å²) in [6.45, 7) is 5.09. The molecule has 2 amide bonds. The molecule has 2 heterocycles. The maximum atomic E-state index is 13.0. The average molecular weight is 388 g/mol. The molecule has 1 aliphatic rings. The topological polar surface area (TPSA) is 101 Å². The number of likely N-dealkylation sites (tertiary alicyclic amines) is 1. The Labute approximate surface area is 162 Å². The van der Waals surface area contributed by atoms with Gasteiger partial charge in [-0.05, 0) is 36.1 Å². The van der Waals surface area contributed by atoms with Crippen molar-refractivity contribution in [3.63, 3.8) is 0 Å². The van der Waals surface area contributed by atoms with Crippen LogP contribution < -0.4 is 11.1 Å². The first-order valence-corrected chi connectivity index (χ1v) is 9.08. The van der Waals surface area contributed by atoms with Gasteiger partial charge in [-0.25, -0.2) is 9.97 Å². The van der Waals surface area contributed by atoms with Gasteiger partial charge in [-0.2, -0.15) is 0 Å². The van der Waals surface area contributed by atoms with Crippen molar-refractivity contribution in [2.45, 2.75) is 26.3 Å². The molecule has 3 N–H and O–H groups in total. The Bertz CT molecular complexity index is 853. The Morgan fingerprint density at radius 3 is 2.44 bits per heavy atom. The third-order valence-electron chi connectivity index (χ3n) is 4.82. The minimum absolute atomic E-state index is 0.00914. The van der Waals surface area contributed by atoms with Crippen molar-refractivity contribution in [2.24, 2.45) is 11.1 Å². The molecule has 8 heteroatoms. The number of piperidine rings is 1. The fourth-order valence-corrected chi connectivity index (χ4v) is 3.21. The summed E-state index contributed by atoms with van der Waals surface area (Å²) in [5.41, 5.74) is 6.52. The van der Waals surface area contributed by atoms with E-state index in [9.17, 15) is 9.59 Å². The van der Waals surface area contributed by atoms with E-state index in [-0.39, 0.29) is 28.8 Å². The lowest BCUT2D eigenvalue weighted by Crippen LogP contribution is -2.54. The molecule has 1 unspecified atom stereocenters. The first-order valence-electron chi connectivity index (χ1n) is 8.71. The zero-order valence-corrected chi connectivity index (χ0v) is 16.0. The molecule has 0 radical (unpaired) electrons. The van der Waals surface area contributed by atoms with E-state index < -0.39 is 5.91 Å². The highest BCUT2D eigenvalue weighted by molar-refractivity contribution is 6.30. The number of hydrogen-bond acceptors (Lipinski definition) is 5. The number of amides is 2. The Hall–Kier alpha value is -2.51. The summed E-state index contributed by atoms with van der Waals surface area (Å²) >= 11 is 5.86. The van der Waals surface area contributed by atoms with Crippen LogP contribution in [0.1, 0.15) is 41.2 Å². The van der Waals surface area contributed by atoms with Crippen molar-refractivity contribution >= 4 is 29.1 Å². The minimum Gasteiger partial charge on any atom is -0.337 e. The summed E-state index contributed by atoms with van der Waals surface area (Å²) < 4.78 is 0. The van der Waals surface area contributed by atoms with Gasteiger partial charge in [0.15, 0.2) is 11.4 Å². The molecule has 7 nitrogen and oxygen atoms in total. The Morgan fingerprint density at radius 2 is 1.81 bits per heavy atom. The fourth-order valence-electron chi connectivity index (χ4n) is 3.08. The molecule has 1 saturated heterocycles. The summed E-state index contributed by atoms with van der Waals surface area (Å²) in [6, 6.07) is 6.70. The molecule has 142 valence electrons. The van der Waals surface area contributed by atoms with E-state index in [1.165, 1.54) is 12.4 Å². The third-order valence-corrected chi connectivity index (χ3v) is 5.07. The second kappa shape index (κ2) is 7.62. The van der Waals surface area contributed by atoms with E-state index in [1.54, 1.807) is 29.2 Å². The van der Waals surface area contributed by atoms with E-state index in [2.05, 4.69) is 15.3 Å². The summed E-state index contributed by atoms with van der Waals surface area (Å²) in [6.07, 6.45) is 3.50. The molecule has 1 aromatic carbocycles. The lowest BCUT2D eigenvalue weighted by atomic mass is 9.79. The smallest absolute Gasteiger partial charge is 0.276 e. The highest BCUT2D eigenvalue weighted by Gasteiger charge is 2.37. The van der Waals surface area contributed by atoms with Crippen molar-refractivity contribution in [2.75, 3.05) is 18.4 Å². The van der Waals surface area contributed by atoms with Crippen LogP contribution in [0.3, 0.4) is 0 Å². The van der Waals surface area contributed by atoms with Crippen LogP contribution in [0.2, 0.25) is 5.02 Å². The van der Waals surface area contributed by atoms with Crippen molar-refractivity contribution in [3.8, 4) is 0 Å². The minimum atomic E-state index is -0.498. The van der Waals surface area contributed by atoms with Crippen molar-refractivity contribution < 1.29 is 9.59 Å². The number of halogens is 1. The lowest BCUT2D eigenvalue weighted by molar-refractivity contribution is 0.0524. The number of hydrogen-bond donors (Lipinski definition) is 2. The number of anilines is 1. The van der Waals surface area contributed by atoms with E-state index >= 15 is 0 Å². The normalized spacial score (nSPS) is 18.8. The molecule has 1 aromatic heterocycles. The van der Waals surface area contributed by atoms with Crippen LogP contribution >= 0.6 is 11.6 Å². The second-order valence-electron chi connectivity index (χ2n) is 7.33. The quantitative estimate of drug-likeness (QED) is 0.842. The molecule has 1 fully saturated rings. The van der Waals surface area contributed by atoms with Gasteiger partial charge in [-0.1, -0.05) is 25.4 Å². The van der Waals surface area contributed by atoms with Gasteiger partial charge in [0.05, 0.1) is 0 Å². The van der Waals surface area contributed by atoms with Crippen LogP contribution in [0, 0.1) is 5.41 Å². The lowest BCUT2D eigenvalue weighted by Gasteiger charge is -2.42. The number of benzene rings is 1. The summed E-state index contributed by atoms with van der Waals surface area (Å²) in [7, 11) is 0. The van der Waals surface area contributed by atoms with Crippen molar-refractivity contribution in [1.82, 2.24) is 14.9 Å². The van der Waals surface area contributed by atoms with Crippen LogP contribution in [0.15, 0.2) is 36.7 Å². The second-order valence-corrected chi connectivity index (χ2v) is 7.76. The molecular weight excluding hydrogens is 366 g/mol. The molecule has 3 rings (SSSR count). The highest BCUT2D eigenvalue weighted by Crippen LogP contribution is 2.28. The van der Waals surface area contributed by atoms with Gasteiger partial charge in [0.1, 0.15) is 0 Å². The van der Waals surface area contributed by atoms with Crippen LogP contribution in [0.4, 0.5) is 5.69 Å². The molecule has 0 aliphatic carbocycles. The van der Waals surface area contributed by atoms with Crippen molar-refractivity contribution in [3.05, 3.63) is 53.1 Å². The van der Waals surface area contributed by atoms with E-state index in [0.29, 0.717) is 30.2 Å². The number of carbonyl (C=O) groups is 2. The molecular formula is C19H22ClN5O2. The van der Waals surface area contributed by atoms with Gasteiger partial charge in [0.25, 0.3) is 11.8 Å². The third kappa shape index (κ3) is 4.26. The highest BCUT2D eigenvalue weighted by atomic mass is 35.5. The monoisotopic (exact) mass is 387 g/mol. The van der Waals surface area contributed by atoms with Crippen LogP contribution in [-0.4, -0.2) is 45.8 Å². The number of rotatable bonds is 3. The SMILES string of the molecule is CC1(C)CN(C(=O)c2nccnc2C(=O)Nc2ccc(Cl)cc2)CCC1N. The summed E-state index contributed by atoms with van der Waals surface area (Å²) in [5, 5.41) is 3.28. The summed E-state index contributed by atoms with van der Waals surface area (Å²) in [4.78, 5) is 35.6. The number of carbonyl (C=O) groups excluding carboxylic acids is 2. The Balaban J connectivity index is 1.82. The number of nitrogens with one attached hydrogen (secondary N) is 1.